The summed E-state index contributed by atoms with van der Waals surface area (Å²) in [4.78, 5) is 10.8. The molecule has 0 radical (unpaired) electrons. The number of carbonyl (C=O) groups is 1. The zero-order valence-electron chi connectivity index (χ0n) is 8.15. The van der Waals surface area contributed by atoms with E-state index in [9.17, 15) is 4.79 Å². The summed E-state index contributed by atoms with van der Waals surface area (Å²) >= 11 is 0. The molecule has 0 aromatic heterocycles. The minimum atomic E-state index is -0.998. The second-order valence-corrected chi connectivity index (χ2v) is 3.08. The fraction of sp³-hybridized carbons (Fsp3) is 0.300. The predicted octanol–water partition coefficient (Wildman–Crippen LogP) is 1.26. The van der Waals surface area contributed by atoms with Gasteiger partial charge in [0.1, 0.15) is 0 Å². The molecule has 15 heavy (non-hydrogen) atoms. The fourth-order valence-electron chi connectivity index (χ4n) is 1.46. The van der Waals surface area contributed by atoms with Crippen LogP contribution in [0.2, 0.25) is 0 Å². The molecule has 0 spiro atoms. The number of carboxylic acid groups (broad SMARTS) is 1. The van der Waals surface area contributed by atoms with Gasteiger partial charge in [0, 0.05) is 5.56 Å². The molecular formula is C10H10O5. The van der Waals surface area contributed by atoms with E-state index in [1.807, 2.05) is 0 Å². The maximum absolute atomic E-state index is 10.8. The number of ether oxygens (including phenoxy) is 3. The van der Waals surface area contributed by atoms with Crippen LogP contribution in [0.1, 0.15) is 15.9 Å². The van der Waals surface area contributed by atoms with E-state index in [2.05, 4.69) is 0 Å². The third kappa shape index (κ3) is 1.73. The lowest BCUT2D eigenvalue weighted by molar-refractivity contribution is -0.0180. The van der Waals surface area contributed by atoms with Crippen LogP contribution < -0.4 is 9.47 Å². The summed E-state index contributed by atoms with van der Waals surface area (Å²) in [7, 11) is 1.47. The number of fused-ring (bicyclic) bond motifs is 1. The van der Waals surface area contributed by atoms with Gasteiger partial charge in [0.2, 0.25) is 0 Å². The summed E-state index contributed by atoms with van der Waals surface area (Å²) in [5.74, 6) is -0.0105. The van der Waals surface area contributed by atoms with Crippen molar-refractivity contribution >= 4 is 5.97 Å². The highest BCUT2D eigenvalue weighted by Gasteiger charge is 2.19. The van der Waals surface area contributed by atoms with Gasteiger partial charge in [-0.2, -0.15) is 0 Å². The molecule has 1 aromatic carbocycles. The minimum Gasteiger partial charge on any atom is -0.493 e. The molecule has 0 unspecified atom stereocenters. The molecule has 1 heterocycles. The Morgan fingerprint density at radius 3 is 3.00 bits per heavy atom. The smallest absolute Gasteiger partial charge is 0.335 e. The van der Waals surface area contributed by atoms with Crippen molar-refractivity contribution in [1.82, 2.24) is 0 Å². The van der Waals surface area contributed by atoms with Gasteiger partial charge in [-0.05, 0) is 12.1 Å². The minimum absolute atomic E-state index is 0.162. The van der Waals surface area contributed by atoms with E-state index in [0.717, 1.165) is 0 Å². The molecular weight excluding hydrogens is 200 g/mol. The molecule has 1 aliphatic rings. The maximum Gasteiger partial charge on any atom is 0.335 e. The van der Waals surface area contributed by atoms with Crippen molar-refractivity contribution in [1.29, 1.82) is 0 Å². The summed E-state index contributed by atoms with van der Waals surface area (Å²) in [6, 6.07) is 2.96. The molecule has 5 heteroatoms. The molecule has 1 aromatic rings. The normalized spacial score (nSPS) is 13.9. The first-order valence-corrected chi connectivity index (χ1v) is 4.37. The lowest BCUT2D eigenvalue weighted by atomic mass is 10.1. The number of methoxy groups -OCH3 is 1. The van der Waals surface area contributed by atoms with Crippen molar-refractivity contribution in [2.75, 3.05) is 13.9 Å². The van der Waals surface area contributed by atoms with Gasteiger partial charge in [-0.15, -0.1) is 0 Å². The third-order valence-electron chi connectivity index (χ3n) is 2.14. The quantitative estimate of drug-likeness (QED) is 0.796. The van der Waals surface area contributed by atoms with Crippen molar-refractivity contribution in [2.45, 2.75) is 6.61 Å². The average molecular weight is 210 g/mol. The monoisotopic (exact) mass is 210 g/mol. The summed E-state index contributed by atoms with van der Waals surface area (Å²) in [5, 5.41) is 8.87. The first kappa shape index (κ1) is 9.79. The zero-order valence-corrected chi connectivity index (χ0v) is 8.15. The van der Waals surface area contributed by atoms with Crippen molar-refractivity contribution in [2.24, 2.45) is 0 Å². The second-order valence-electron chi connectivity index (χ2n) is 3.08. The second kappa shape index (κ2) is 3.78. The summed E-state index contributed by atoms with van der Waals surface area (Å²) in [6.07, 6.45) is 0. The lowest BCUT2D eigenvalue weighted by Crippen LogP contribution is -2.13. The first-order chi connectivity index (χ1) is 7.22. The van der Waals surface area contributed by atoms with Crippen LogP contribution in [-0.4, -0.2) is 25.0 Å². The molecule has 0 saturated carbocycles. The van der Waals surface area contributed by atoms with E-state index >= 15 is 0 Å². The van der Waals surface area contributed by atoms with Crippen molar-refractivity contribution < 1.29 is 24.1 Å². The molecule has 0 amide bonds. The van der Waals surface area contributed by atoms with Gasteiger partial charge in [0.25, 0.3) is 0 Å². The van der Waals surface area contributed by atoms with Gasteiger partial charge in [-0.1, -0.05) is 0 Å². The van der Waals surface area contributed by atoms with Crippen LogP contribution in [-0.2, 0) is 11.3 Å². The largest absolute Gasteiger partial charge is 0.493 e. The number of carboxylic acids is 1. The topological polar surface area (TPSA) is 65.0 Å². The number of benzene rings is 1. The van der Waals surface area contributed by atoms with E-state index < -0.39 is 5.97 Å². The Morgan fingerprint density at radius 1 is 1.53 bits per heavy atom. The third-order valence-corrected chi connectivity index (χ3v) is 2.14. The Hall–Kier alpha value is -1.75. The Kier molecular flexibility index (Phi) is 2.47. The van der Waals surface area contributed by atoms with Gasteiger partial charge in [-0.25, -0.2) is 4.79 Å². The molecule has 2 rings (SSSR count). The van der Waals surface area contributed by atoms with Gasteiger partial charge < -0.3 is 19.3 Å². The molecule has 1 aliphatic heterocycles. The van der Waals surface area contributed by atoms with Crippen LogP contribution in [0.15, 0.2) is 12.1 Å². The van der Waals surface area contributed by atoms with Crippen LogP contribution in [0.25, 0.3) is 0 Å². The van der Waals surface area contributed by atoms with Crippen LogP contribution in [0.3, 0.4) is 0 Å². The molecule has 80 valence electrons. The number of hydrogen-bond donors (Lipinski definition) is 1. The Labute approximate surface area is 86.2 Å². The number of rotatable bonds is 2. The highest BCUT2D eigenvalue weighted by molar-refractivity contribution is 5.89. The van der Waals surface area contributed by atoms with E-state index in [0.29, 0.717) is 23.7 Å². The van der Waals surface area contributed by atoms with Gasteiger partial charge in [0.15, 0.2) is 18.3 Å². The van der Waals surface area contributed by atoms with Crippen molar-refractivity contribution in [3.05, 3.63) is 23.3 Å². The molecule has 1 N–H and O–H groups in total. The predicted molar refractivity (Wildman–Crippen MR) is 50.2 cm³/mol. The lowest BCUT2D eigenvalue weighted by Gasteiger charge is -2.20. The van der Waals surface area contributed by atoms with E-state index in [1.54, 1.807) is 0 Å². The Morgan fingerprint density at radius 2 is 2.33 bits per heavy atom. The Balaban J connectivity index is 2.52. The SMILES string of the molecule is COc1cc(C(=O)O)cc2c1OCOC2. The highest BCUT2D eigenvalue weighted by atomic mass is 16.7. The van der Waals surface area contributed by atoms with Crippen LogP contribution >= 0.6 is 0 Å². The molecule has 0 atom stereocenters. The van der Waals surface area contributed by atoms with Crippen molar-refractivity contribution in [3.63, 3.8) is 0 Å². The first-order valence-electron chi connectivity index (χ1n) is 4.37. The van der Waals surface area contributed by atoms with E-state index in [-0.39, 0.29) is 12.4 Å². The van der Waals surface area contributed by atoms with Crippen LogP contribution in [0, 0.1) is 0 Å². The molecule has 0 bridgehead atoms. The number of aromatic carboxylic acids is 1. The van der Waals surface area contributed by atoms with Gasteiger partial charge in [-0.3, -0.25) is 0 Å². The Bertz CT molecular complexity index is 382. The maximum atomic E-state index is 10.8. The average Bonchev–Trinajstić information content (AvgIpc) is 2.27. The fourth-order valence-corrected chi connectivity index (χ4v) is 1.46. The van der Waals surface area contributed by atoms with Gasteiger partial charge >= 0.3 is 5.97 Å². The van der Waals surface area contributed by atoms with E-state index in [4.69, 9.17) is 19.3 Å². The van der Waals surface area contributed by atoms with Crippen LogP contribution in [0.5, 0.6) is 11.5 Å². The van der Waals surface area contributed by atoms with E-state index in [1.165, 1.54) is 19.2 Å². The molecule has 0 fully saturated rings. The van der Waals surface area contributed by atoms with Crippen molar-refractivity contribution in [3.8, 4) is 11.5 Å². The van der Waals surface area contributed by atoms with Crippen LogP contribution in [0.4, 0.5) is 0 Å². The molecule has 0 aliphatic carbocycles. The molecule has 5 nitrogen and oxygen atoms in total. The summed E-state index contributed by atoms with van der Waals surface area (Å²) in [6.45, 7) is 0.503. The molecule has 0 saturated heterocycles. The standard InChI is InChI=1S/C10H10O5/c1-13-8-3-6(10(11)12)2-7-4-14-5-15-9(7)8/h2-3H,4-5H2,1H3,(H,11,12). The highest BCUT2D eigenvalue weighted by Crippen LogP contribution is 2.35. The van der Waals surface area contributed by atoms with Gasteiger partial charge in [0.05, 0.1) is 19.3 Å². The summed E-state index contributed by atoms with van der Waals surface area (Å²) in [5.41, 5.74) is 0.859. The zero-order chi connectivity index (χ0) is 10.8. The summed E-state index contributed by atoms with van der Waals surface area (Å²) < 4.78 is 15.4. The number of hydrogen-bond acceptors (Lipinski definition) is 4.